The number of rotatable bonds is 6. The summed E-state index contributed by atoms with van der Waals surface area (Å²) in [6.07, 6.45) is 2.11. The number of likely N-dealkylation sites (tertiary alicyclic amines) is 1. The summed E-state index contributed by atoms with van der Waals surface area (Å²) in [5.74, 6) is -0.503. The lowest BCUT2D eigenvalue weighted by Gasteiger charge is -2.46. The summed E-state index contributed by atoms with van der Waals surface area (Å²) in [5, 5.41) is 12.7. The van der Waals surface area contributed by atoms with E-state index in [1.165, 1.54) is 12.1 Å². The zero-order valence-electron chi connectivity index (χ0n) is 11.7. The molecule has 0 saturated carbocycles. The van der Waals surface area contributed by atoms with Crippen molar-refractivity contribution in [2.45, 2.75) is 31.8 Å². The van der Waals surface area contributed by atoms with Crippen molar-refractivity contribution in [2.75, 3.05) is 25.0 Å². The second-order valence-corrected chi connectivity index (χ2v) is 5.49. The third-order valence-corrected chi connectivity index (χ3v) is 3.51. The van der Waals surface area contributed by atoms with Gasteiger partial charge in [0, 0.05) is 31.7 Å². The maximum atomic E-state index is 13.0. The standard InChI is InChI=1S/C15H21FN2O2/c1-2-7-15(20)10-18(11-15)8-6-14(19)17-13-5-3-4-12(16)9-13/h3-5,9,20H,2,6-8,10-11H2,1H3,(H,17,19). The van der Waals surface area contributed by atoms with Gasteiger partial charge in [0.05, 0.1) is 5.60 Å². The number of carbonyl (C=O) groups is 1. The summed E-state index contributed by atoms with van der Waals surface area (Å²) < 4.78 is 13.0. The zero-order chi connectivity index (χ0) is 14.6. The van der Waals surface area contributed by atoms with Crippen molar-refractivity contribution in [1.29, 1.82) is 0 Å². The molecule has 0 aliphatic carbocycles. The number of nitrogens with zero attached hydrogens (tertiary/aromatic N) is 1. The van der Waals surface area contributed by atoms with Crippen LogP contribution in [0.15, 0.2) is 24.3 Å². The molecule has 0 radical (unpaired) electrons. The topological polar surface area (TPSA) is 52.6 Å². The highest BCUT2D eigenvalue weighted by molar-refractivity contribution is 5.90. The maximum absolute atomic E-state index is 13.0. The Morgan fingerprint density at radius 2 is 2.25 bits per heavy atom. The molecule has 1 heterocycles. The highest BCUT2D eigenvalue weighted by Gasteiger charge is 2.39. The average molecular weight is 280 g/mol. The first-order chi connectivity index (χ1) is 9.50. The van der Waals surface area contributed by atoms with E-state index in [1.807, 2.05) is 6.92 Å². The lowest BCUT2D eigenvalue weighted by atomic mass is 9.89. The molecule has 0 unspecified atom stereocenters. The zero-order valence-corrected chi connectivity index (χ0v) is 11.7. The second-order valence-electron chi connectivity index (χ2n) is 5.49. The fraction of sp³-hybridized carbons (Fsp3) is 0.533. The Bertz CT molecular complexity index is 473. The van der Waals surface area contributed by atoms with Crippen molar-refractivity contribution in [1.82, 2.24) is 4.90 Å². The number of aliphatic hydroxyl groups is 1. The molecule has 1 aliphatic heterocycles. The summed E-state index contributed by atoms with van der Waals surface area (Å²) in [6, 6.07) is 5.85. The van der Waals surface area contributed by atoms with Crippen molar-refractivity contribution in [3.05, 3.63) is 30.1 Å². The number of halogens is 1. The highest BCUT2D eigenvalue weighted by atomic mass is 19.1. The third kappa shape index (κ3) is 4.02. The van der Waals surface area contributed by atoms with Gasteiger partial charge in [0.25, 0.3) is 0 Å². The SMILES string of the molecule is CCCC1(O)CN(CCC(=O)Nc2cccc(F)c2)C1. The van der Waals surface area contributed by atoms with Crippen LogP contribution in [0.4, 0.5) is 10.1 Å². The van der Waals surface area contributed by atoms with Crippen LogP contribution in [0.1, 0.15) is 26.2 Å². The first-order valence-corrected chi connectivity index (χ1v) is 7.01. The number of hydrogen-bond acceptors (Lipinski definition) is 3. The minimum absolute atomic E-state index is 0.137. The van der Waals surface area contributed by atoms with Crippen molar-refractivity contribution in [2.24, 2.45) is 0 Å². The van der Waals surface area contributed by atoms with E-state index in [-0.39, 0.29) is 11.7 Å². The Hall–Kier alpha value is -1.46. The van der Waals surface area contributed by atoms with Gasteiger partial charge in [-0.05, 0) is 24.6 Å². The van der Waals surface area contributed by atoms with Crippen LogP contribution >= 0.6 is 0 Å². The van der Waals surface area contributed by atoms with E-state index in [2.05, 4.69) is 10.2 Å². The third-order valence-electron chi connectivity index (χ3n) is 3.51. The molecule has 1 amide bonds. The van der Waals surface area contributed by atoms with Crippen LogP contribution in [-0.2, 0) is 4.79 Å². The Labute approximate surface area is 118 Å². The van der Waals surface area contributed by atoms with Gasteiger partial charge in [-0.1, -0.05) is 19.4 Å². The van der Waals surface area contributed by atoms with E-state index < -0.39 is 5.60 Å². The second kappa shape index (κ2) is 6.33. The van der Waals surface area contributed by atoms with E-state index in [1.54, 1.807) is 12.1 Å². The number of benzene rings is 1. The Balaban J connectivity index is 1.69. The maximum Gasteiger partial charge on any atom is 0.225 e. The number of carbonyl (C=O) groups excluding carboxylic acids is 1. The molecule has 2 N–H and O–H groups in total. The summed E-state index contributed by atoms with van der Waals surface area (Å²) in [5.41, 5.74) is -0.0885. The first-order valence-electron chi connectivity index (χ1n) is 7.01. The highest BCUT2D eigenvalue weighted by Crippen LogP contribution is 2.25. The summed E-state index contributed by atoms with van der Waals surface area (Å²) in [6.45, 7) is 3.93. The summed E-state index contributed by atoms with van der Waals surface area (Å²) >= 11 is 0. The van der Waals surface area contributed by atoms with Gasteiger partial charge in [0.15, 0.2) is 0 Å². The minimum Gasteiger partial charge on any atom is -0.387 e. The van der Waals surface area contributed by atoms with E-state index in [4.69, 9.17) is 0 Å². The van der Waals surface area contributed by atoms with Crippen LogP contribution in [0.5, 0.6) is 0 Å². The molecule has 0 spiro atoms. The van der Waals surface area contributed by atoms with Gasteiger partial charge < -0.3 is 10.4 Å². The molecule has 5 heteroatoms. The van der Waals surface area contributed by atoms with Crippen molar-refractivity contribution in [3.8, 4) is 0 Å². The van der Waals surface area contributed by atoms with Crippen LogP contribution in [0.2, 0.25) is 0 Å². The molecule has 1 saturated heterocycles. The van der Waals surface area contributed by atoms with Crippen LogP contribution in [-0.4, -0.2) is 41.1 Å². The predicted molar refractivity (Wildman–Crippen MR) is 75.9 cm³/mol. The monoisotopic (exact) mass is 280 g/mol. The van der Waals surface area contributed by atoms with Gasteiger partial charge in [0.2, 0.25) is 5.91 Å². The average Bonchev–Trinajstić information content (AvgIpc) is 2.34. The van der Waals surface area contributed by atoms with Crippen molar-refractivity contribution in [3.63, 3.8) is 0 Å². The molecule has 1 aromatic carbocycles. The van der Waals surface area contributed by atoms with Crippen LogP contribution in [0.3, 0.4) is 0 Å². The molecule has 20 heavy (non-hydrogen) atoms. The molecule has 1 aromatic rings. The predicted octanol–water partition coefficient (Wildman–Crippen LogP) is 2.00. The summed E-state index contributed by atoms with van der Waals surface area (Å²) in [7, 11) is 0. The molecule has 110 valence electrons. The lowest BCUT2D eigenvalue weighted by Crippen LogP contribution is -2.61. The van der Waals surface area contributed by atoms with Gasteiger partial charge >= 0.3 is 0 Å². The molecule has 4 nitrogen and oxygen atoms in total. The molecule has 1 aliphatic rings. The molecule has 0 atom stereocenters. The van der Waals surface area contributed by atoms with E-state index in [0.717, 1.165) is 12.8 Å². The summed E-state index contributed by atoms with van der Waals surface area (Å²) in [4.78, 5) is 13.8. The quantitative estimate of drug-likeness (QED) is 0.838. The molecule has 2 rings (SSSR count). The molecular formula is C15H21FN2O2. The molecule has 0 aromatic heterocycles. The normalized spacial score (nSPS) is 17.6. The Kier molecular flexibility index (Phi) is 4.73. The molecule has 1 fully saturated rings. The number of amides is 1. The van der Waals surface area contributed by atoms with E-state index in [0.29, 0.717) is 31.7 Å². The molecular weight excluding hydrogens is 259 g/mol. The van der Waals surface area contributed by atoms with Crippen LogP contribution in [0, 0.1) is 5.82 Å². The Morgan fingerprint density at radius 3 is 2.90 bits per heavy atom. The number of β-amino-alcohol motifs (C(OH)–C–C–N with tert-alkyl or cyclic N) is 1. The fourth-order valence-electron chi connectivity index (χ4n) is 2.62. The van der Waals surface area contributed by atoms with Gasteiger partial charge in [-0.15, -0.1) is 0 Å². The Morgan fingerprint density at radius 1 is 1.50 bits per heavy atom. The van der Waals surface area contributed by atoms with Crippen molar-refractivity contribution < 1.29 is 14.3 Å². The smallest absolute Gasteiger partial charge is 0.225 e. The van der Waals surface area contributed by atoms with Gasteiger partial charge in [-0.25, -0.2) is 4.39 Å². The number of nitrogens with one attached hydrogen (secondary N) is 1. The van der Waals surface area contributed by atoms with E-state index in [9.17, 15) is 14.3 Å². The molecule has 0 bridgehead atoms. The lowest BCUT2D eigenvalue weighted by molar-refractivity contribution is -0.121. The fourth-order valence-corrected chi connectivity index (χ4v) is 2.62. The minimum atomic E-state index is -0.562. The van der Waals surface area contributed by atoms with Crippen LogP contribution in [0.25, 0.3) is 0 Å². The van der Waals surface area contributed by atoms with Crippen molar-refractivity contribution >= 4 is 11.6 Å². The van der Waals surface area contributed by atoms with E-state index >= 15 is 0 Å². The van der Waals surface area contributed by atoms with Gasteiger partial charge in [0.1, 0.15) is 5.82 Å². The first kappa shape index (κ1) is 14.9. The van der Waals surface area contributed by atoms with Gasteiger partial charge in [-0.3, -0.25) is 9.69 Å². The largest absolute Gasteiger partial charge is 0.387 e. The van der Waals surface area contributed by atoms with Gasteiger partial charge in [-0.2, -0.15) is 0 Å². The number of hydrogen-bond donors (Lipinski definition) is 2. The number of anilines is 1. The van der Waals surface area contributed by atoms with Crippen LogP contribution < -0.4 is 5.32 Å².